The average Bonchev–Trinajstić information content (AvgIpc) is 2.90. The van der Waals surface area contributed by atoms with Gasteiger partial charge in [-0.15, -0.1) is 12.4 Å². The van der Waals surface area contributed by atoms with Crippen LogP contribution in [-0.4, -0.2) is 37.3 Å². The minimum absolute atomic E-state index is 0. The van der Waals surface area contributed by atoms with E-state index in [1.807, 2.05) is 59.5 Å². The highest BCUT2D eigenvalue weighted by molar-refractivity contribution is 6.07. The Morgan fingerprint density at radius 1 is 0.972 bits per heavy atom. The Morgan fingerprint density at radius 3 is 2.33 bits per heavy atom. The molecule has 0 aliphatic carbocycles. The van der Waals surface area contributed by atoms with Crippen LogP contribution in [0.5, 0.6) is 0 Å². The molecule has 36 heavy (non-hydrogen) atoms. The molecule has 0 aromatic heterocycles. The largest absolute Gasteiger partial charge is 0.384 e. The lowest BCUT2D eigenvalue weighted by molar-refractivity contribution is -0.118. The van der Waals surface area contributed by atoms with Gasteiger partial charge in [0, 0.05) is 48.6 Å². The maximum absolute atomic E-state index is 13.3. The van der Waals surface area contributed by atoms with Crippen molar-refractivity contribution in [1.29, 1.82) is 5.41 Å². The van der Waals surface area contributed by atoms with Crippen molar-refractivity contribution in [3.05, 3.63) is 95.1 Å². The van der Waals surface area contributed by atoms with Crippen molar-refractivity contribution in [3.8, 4) is 0 Å². The molecule has 188 valence electrons. The molecule has 0 spiro atoms. The number of amidine groups is 1. The third-order valence-corrected chi connectivity index (χ3v) is 6.30. The number of carbonyl (C=O) groups is 2. The number of halogens is 1. The van der Waals surface area contributed by atoms with Crippen LogP contribution in [0, 0.1) is 5.41 Å². The molecule has 0 fully saturated rings. The molecular formula is C28H32ClN5O2. The van der Waals surface area contributed by atoms with E-state index in [1.54, 1.807) is 23.1 Å². The molecule has 0 unspecified atom stereocenters. The molecule has 3 aromatic carbocycles. The van der Waals surface area contributed by atoms with Crippen LogP contribution in [0.3, 0.4) is 0 Å². The fourth-order valence-corrected chi connectivity index (χ4v) is 4.47. The molecule has 0 saturated carbocycles. The molecule has 1 heterocycles. The predicted molar refractivity (Wildman–Crippen MR) is 147 cm³/mol. The van der Waals surface area contributed by atoms with Gasteiger partial charge in [0.2, 0.25) is 5.91 Å². The van der Waals surface area contributed by atoms with Crippen molar-refractivity contribution in [3.63, 3.8) is 0 Å². The molecule has 1 aliphatic rings. The summed E-state index contributed by atoms with van der Waals surface area (Å²) < 4.78 is 0. The lowest BCUT2D eigenvalue weighted by atomic mass is 9.97. The fraction of sp³-hybridized carbons (Fsp3) is 0.250. The first kappa shape index (κ1) is 26.9. The maximum Gasteiger partial charge on any atom is 0.258 e. The van der Waals surface area contributed by atoms with Crippen molar-refractivity contribution in [1.82, 2.24) is 0 Å². The number of amides is 2. The van der Waals surface area contributed by atoms with Gasteiger partial charge in [-0.25, -0.2) is 0 Å². The van der Waals surface area contributed by atoms with Crippen molar-refractivity contribution in [2.45, 2.75) is 25.7 Å². The van der Waals surface area contributed by atoms with Gasteiger partial charge in [0.15, 0.2) is 0 Å². The number of nitrogens with zero attached hydrogens (tertiary/aromatic N) is 2. The summed E-state index contributed by atoms with van der Waals surface area (Å²) in [5.41, 5.74) is 16.3. The van der Waals surface area contributed by atoms with Gasteiger partial charge in [-0.2, -0.15) is 0 Å². The third kappa shape index (κ3) is 6.11. The van der Waals surface area contributed by atoms with Crippen LogP contribution in [-0.2, 0) is 17.6 Å². The van der Waals surface area contributed by atoms with E-state index >= 15 is 0 Å². The molecule has 0 saturated heterocycles. The number of para-hydroxylation sites is 1. The van der Waals surface area contributed by atoms with Crippen LogP contribution >= 0.6 is 12.4 Å². The first-order chi connectivity index (χ1) is 17.0. The molecule has 0 radical (unpaired) electrons. The number of nitrogens with two attached hydrogens (primary N) is 2. The van der Waals surface area contributed by atoms with Gasteiger partial charge in [-0.05, 0) is 60.7 Å². The molecule has 2 amide bonds. The van der Waals surface area contributed by atoms with Crippen LogP contribution in [0.15, 0.2) is 72.8 Å². The average molecular weight is 506 g/mol. The zero-order valence-corrected chi connectivity index (χ0v) is 21.0. The van der Waals surface area contributed by atoms with E-state index in [-0.39, 0.29) is 30.1 Å². The minimum Gasteiger partial charge on any atom is -0.384 e. The lowest BCUT2D eigenvalue weighted by Gasteiger charge is -2.30. The molecule has 8 heteroatoms. The van der Waals surface area contributed by atoms with E-state index in [0.717, 1.165) is 35.3 Å². The Labute approximate surface area is 218 Å². The normalized spacial score (nSPS) is 12.3. The van der Waals surface area contributed by atoms with Crippen molar-refractivity contribution >= 4 is 41.4 Å². The number of nitrogens with one attached hydrogen (secondary N) is 1. The number of carbonyl (C=O) groups excluding carboxylic acids is 2. The number of nitrogen functional groups attached to an aromatic ring is 1. The van der Waals surface area contributed by atoms with Crippen LogP contribution in [0.25, 0.3) is 0 Å². The Kier molecular flexibility index (Phi) is 9.22. The van der Waals surface area contributed by atoms with Crippen molar-refractivity contribution in [2.75, 3.05) is 29.4 Å². The molecule has 3 aromatic rings. The maximum atomic E-state index is 13.3. The van der Waals surface area contributed by atoms with Crippen molar-refractivity contribution in [2.24, 2.45) is 11.5 Å². The second-order valence-corrected chi connectivity index (χ2v) is 8.68. The highest BCUT2D eigenvalue weighted by Crippen LogP contribution is 2.30. The Balaban J connectivity index is 0.00000361. The zero-order chi connectivity index (χ0) is 24.8. The predicted octanol–water partition coefficient (Wildman–Crippen LogP) is 3.91. The number of hydrogen-bond acceptors (Lipinski definition) is 4. The summed E-state index contributed by atoms with van der Waals surface area (Å²) in [7, 11) is 0. The number of fused-ring (bicyclic) bond motifs is 1. The van der Waals surface area contributed by atoms with E-state index in [2.05, 4.69) is 0 Å². The summed E-state index contributed by atoms with van der Waals surface area (Å²) in [5, 5.41) is 7.50. The third-order valence-electron chi connectivity index (χ3n) is 6.30. The van der Waals surface area contributed by atoms with E-state index in [9.17, 15) is 9.59 Å². The Bertz CT molecular complexity index is 1210. The first-order valence-electron chi connectivity index (χ1n) is 11.9. The topological polar surface area (TPSA) is 117 Å². The standard InChI is InChI=1S/C28H31N5O2.ClH/c29-16-18-32(24-6-2-1-3-7-24)28(35)23-13-14-25-22(19-23)5-4-17-33(25)26(34)15-10-20-8-11-21(12-9-20)27(30)31;/h1-3,6-9,11-14,19H,4-5,10,15-18,29H2,(H3,30,31);1H. The zero-order valence-electron chi connectivity index (χ0n) is 20.2. The molecule has 7 nitrogen and oxygen atoms in total. The number of aryl methyl sites for hydroxylation is 2. The summed E-state index contributed by atoms with van der Waals surface area (Å²) in [6.45, 7) is 1.47. The van der Waals surface area contributed by atoms with Gasteiger partial charge < -0.3 is 21.3 Å². The molecule has 0 bridgehead atoms. The van der Waals surface area contributed by atoms with Crippen LogP contribution in [0.4, 0.5) is 11.4 Å². The summed E-state index contributed by atoms with van der Waals surface area (Å²) >= 11 is 0. The van der Waals surface area contributed by atoms with Gasteiger partial charge in [-0.3, -0.25) is 15.0 Å². The summed E-state index contributed by atoms with van der Waals surface area (Å²) in [6.07, 6.45) is 2.69. The Morgan fingerprint density at radius 2 is 1.67 bits per heavy atom. The van der Waals surface area contributed by atoms with E-state index in [1.165, 1.54) is 0 Å². The highest BCUT2D eigenvalue weighted by atomic mass is 35.5. The highest BCUT2D eigenvalue weighted by Gasteiger charge is 2.25. The monoisotopic (exact) mass is 505 g/mol. The summed E-state index contributed by atoms with van der Waals surface area (Å²) in [4.78, 5) is 30.0. The van der Waals surface area contributed by atoms with Gasteiger partial charge in [-0.1, -0.05) is 42.5 Å². The molecule has 0 atom stereocenters. The van der Waals surface area contributed by atoms with Crippen molar-refractivity contribution < 1.29 is 9.59 Å². The van der Waals surface area contributed by atoms with E-state index in [0.29, 0.717) is 43.6 Å². The van der Waals surface area contributed by atoms with Gasteiger partial charge in [0.25, 0.3) is 5.91 Å². The second-order valence-electron chi connectivity index (χ2n) is 8.68. The number of benzene rings is 3. The summed E-state index contributed by atoms with van der Waals surface area (Å²) in [5.74, 6) is 0.00180. The molecular weight excluding hydrogens is 474 g/mol. The van der Waals surface area contributed by atoms with Crippen LogP contribution in [0.1, 0.15) is 39.9 Å². The molecule has 4 rings (SSSR count). The minimum atomic E-state index is -0.0955. The van der Waals surface area contributed by atoms with Crippen LogP contribution < -0.4 is 21.3 Å². The van der Waals surface area contributed by atoms with E-state index < -0.39 is 0 Å². The number of rotatable bonds is 8. The first-order valence-corrected chi connectivity index (χ1v) is 11.9. The number of hydrogen-bond donors (Lipinski definition) is 3. The van der Waals surface area contributed by atoms with Gasteiger partial charge in [0.1, 0.15) is 5.84 Å². The van der Waals surface area contributed by atoms with Crippen LogP contribution in [0.2, 0.25) is 0 Å². The fourth-order valence-electron chi connectivity index (χ4n) is 4.47. The molecule has 1 aliphatic heterocycles. The lowest BCUT2D eigenvalue weighted by Crippen LogP contribution is -2.37. The SMILES string of the molecule is Cl.N=C(N)c1ccc(CCC(=O)N2CCCc3cc(C(=O)N(CCN)c4ccccc4)ccc32)cc1. The van der Waals surface area contributed by atoms with Gasteiger partial charge >= 0.3 is 0 Å². The summed E-state index contributed by atoms with van der Waals surface area (Å²) in [6, 6.07) is 22.6. The molecule has 5 N–H and O–H groups in total. The number of anilines is 2. The Hall–Kier alpha value is -3.68. The quantitative estimate of drug-likeness (QED) is 0.318. The van der Waals surface area contributed by atoms with E-state index in [4.69, 9.17) is 16.9 Å². The second kappa shape index (κ2) is 12.3. The van der Waals surface area contributed by atoms with Gasteiger partial charge in [0.05, 0.1) is 0 Å². The smallest absolute Gasteiger partial charge is 0.258 e.